The smallest absolute Gasteiger partial charge is 0.333 e. The Balaban J connectivity index is 1.22. The molecule has 0 radical (unpaired) electrons. The highest BCUT2D eigenvalue weighted by atomic mass is 16.5. The average molecular weight is 423 g/mol. The van der Waals surface area contributed by atoms with Crippen molar-refractivity contribution >= 4 is 17.8 Å². The second-order valence-corrected chi connectivity index (χ2v) is 7.92. The predicted molar refractivity (Wildman–Crippen MR) is 112 cm³/mol. The van der Waals surface area contributed by atoms with E-state index < -0.39 is 18.0 Å². The minimum absolute atomic E-state index is 0.0195. The van der Waals surface area contributed by atoms with Crippen LogP contribution in [0.2, 0.25) is 0 Å². The van der Waals surface area contributed by atoms with Crippen LogP contribution in [0.1, 0.15) is 42.7 Å². The Labute approximate surface area is 180 Å². The molecule has 1 atom stereocenters. The van der Waals surface area contributed by atoms with Gasteiger partial charge >= 0.3 is 11.9 Å². The fourth-order valence-electron chi connectivity index (χ4n) is 4.01. The number of aliphatic carboxylic acids is 1. The van der Waals surface area contributed by atoms with Crippen LogP contribution < -0.4 is 5.32 Å². The number of hydrogen-bond acceptors (Lipinski definition) is 5. The van der Waals surface area contributed by atoms with Crippen molar-refractivity contribution in [3.8, 4) is 11.1 Å². The summed E-state index contributed by atoms with van der Waals surface area (Å²) in [6.45, 7) is 0.0380. The van der Waals surface area contributed by atoms with E-state index in [0.29, 0.717) is 0 Å². The van der Waals surface area contributed by atoms with Crippen LogP contribution in [0.4, 0.5) is 0 Å². The maximum Gasteiger partial charge on any atom is 0.333 e. The van der Waals surface area contributed by atoms with E-state index in [4.69, 9.17) is 14.6 Å². The van der Waals surface area contributed by atoms with Gasteiger partial charge in [-0.1, -0.05) is 48.5 Å². The Morgan fingerprint density at radius 3 is 2.16 bits per heavy atom. The minimum Gasteiger partial charge on any atom is -0.479 e. The number of benzene rings is 2. The molecule has 2 aromatic rings. The number of esters is 1. The lowest BCUT2D eigenvalue weighted by Crippen LogP contribution is -2.33. The van der Waals surface area contributed by atoms with Gasteiger partial charge in [0, 0.05) is 12.3 Å². The Morgan fingerprint density at radius 1 is 0.968 bits per heavy atom. The monoisotopic (exact) mass is 423 g/mol. The lowest BCUT2D eigenvalue weighted by atomic mass is 9.98. The van der Waals surface area contributed by atoms with Gasteiger partial charge in [-0.2, -0.15) is 0 Å². The van der Waals surface area contributed by atoms with Crippen LogP contribution in [0.5, 0.6) is 0 Å². The number of carbonyl (C=O) groups is 3. The molecular formula is C24H25NO6. The van der Waals surface area contributed by atoms with Crippen molar-refractivity contribution in [2.24, 2.45) is 5.92 Å². The third kappa shape index (κ3) is 4.94. The van der Waals surface area contributed by atoms with Gasteiger partial charge in [-0.25, -0.2) is 4.79 Å². The molecular weight excluding hydrogens is 398 g/mol. The number of carbonyl (C=O) groups excluding carboxylic acids is 2. The Hall–Kier alpha value is -3.19. The molecule has 7 nitrogen and oxygen atoms in total. The molecule has 162 valence electrons. The van der Waals surface area contributed by atoms with Crippen LogP contribution in [0.15, 0.2) is 48.5 Å². The van der Waals surface area contributed by atoms with Gasteiger partial charge in [0.2, 0.25) is 5.91 Å². The molecule has 0 saturated heterocycles. The van der Waals surface area contributed by atoms with Gasteiger partial charge < -0.3 is 19.9 Å². The normalized spacial score (nSPS) is 15.6. The summed E-state index contributed by atoms with van der Waals surface area (Å²) in [5.41, 5.74) is 4.58. The summed E-state index contributed by atoms with van der Waals surface area (Å²) in [5.74, 6) is -1.84. The standard InChI is InChI=1S/C24H25NO6/c26-21(25-14-31-23(24(28)29)15-9-10-15)11-12-22(27)30-13-20-18-7-3-1-5-16(18)17-6-2-4-8-19(17)20/h1-8,15,20,23H,9-14H2,(H,25,26)(H,28,29). The number of amides is 1. The first-order valence-electron chi connectivity index (χ1n) is 10.5. The van der Waals surface area contributed by atoms with Crippen molar-refractivity contribution in [1.29, 1.82) is 0 Å². The third-order valence-electron chi connectivity index (χ3n) is 5.76. The topological polar surface area (TPSA) is 102 Å². The zero-order valence-corrected chi connectivity index (χ0v) is 17.1. The van der Waals surface area contributed by atoms with Crippen molar-refractivity contribution in [2.45, 2.75) is 37.7 Å². The molecule has 0 aliphatic heterocycles. The van der Waals surface area contributed by atoms with E-state index >= 15 is 0 Å². The summed E-state index contributed by atoms with van der Waals surface area (Å²) in [4.78, 5) is 35.2. The molecule has 1 fully saturated rings. The summed E-state index contributed by atoms with van der Waals surface area (Å²) < 4.78 is 10.7. The maximum atomic E-state index is 12.2. The molecule has 2 aliphatic rings. The summed E-state index contributed by atoms with van der Waals surface area (Å²) >= 11 is 0. The summed E-state index contributed by atoms with van der Waals surface area (Å²) in [6.07, 6.45) is 0.676. The lowest BCUT2D eigenvalue weighted by molar-refractivity contribution is -0.153. The van der Waals surface area contributed by atoms with E-state index in [1.165, 1.54) is 0 Å². The molecule has 0 bridgehead atoms. The van der Waals surface area contributed by atoms with Gasteiger partial charge in [0.1, 0.15) is 13.3 Å². The maximum absolute atomic E-state index is 12.2. The highest BCUT2D eigenvalue weighted by Gasteiger charge is 2.37. The highest BCUT2D eigenvalue weighted by Crippen LogP contribution is 2.44. The molecule has 0 heterocycles. The van der Waals surface area contributed by atoms with Crippen LogP contribution in [0.3, 0.4) is 0 Å². The Kier molecular flexibility index (Phi) is 6.32. The van der Waals surface area contributed by atoms with E-state index in [-0.39, 0.29) is 43.9 Å². The minimum atomic E-state index is -1.02. The van der Waals surface area contributed by atoms with Crippen molar-refractivity contribution in [3.05, 3.63) is 59.7 Å². The Bertz CT molecular complexity index is 938. The molecule has 0 aromatic heterocycles. The zero-order valence-electron chi connectivity index (χ0n) is 17.1. The van der Waals surface area contributed by atoms with Crippen molar-refractivity contribution < 1.29 is 29.0 Å². The number of rotatable bonds is 10. The fraction of sp³-hybridized carbons (Fsp3) is 0.375. The van der Waals surface area contributed by atoms with Crippen LogP contribution in [0.25, 0.3) is 11.1 Å². The van der Waals surface area contributed by atoms with Gasteiger partial charge in [0.05, 0.1) is 6.42 Å². The number of ether oxygens (including phenoxy) is 2. The van der Waals surface area contributed by atoms with E-state index in [1.54, 1.807) is 0 Å². The van der Waals surface area contributed by atoms with Gasteiger partial charge in [-0.15, -0.1) is 0 Å². The predicted octanol–water partition coefficient (Wildman–Crippen LogP) is 3.08. The van der Waals surface area contributed by atoms with E-state index in [1.807, 2.05) is 36.4 Å². The van der Waals surface area contributed by atoms with E-state index in [9.17, 15) is 14.4 Å². The van der Waals surface area contributed by atoms with Crippen LogP contribution >= 0.6 is 0 Å². The molecule has 1 saturated carbocycles. The molecule has 2 aromatic carbocycles. The lowest BCUT2D eigenvalue weighted by Gasteiger charge is -2.14. The molecule has 1 unspecified atom stereocenters. The first kappa shape index (κ1) is 21.1. The van der Waals surface area contributed by atoms with Gasteiger partial charge in [0.25, 0.3) is 0 Å². The molecule has 1 amide bonds. The highest BCUT2D eigenvalue weighted by molar-refractivity contribution is 5.82. The second kappa shape index (κ2) is 9.31. The van der Waals surface area contributed by atoms with Crippen LogP contribution in [-0.4, -0.2) is 42.4 Å². The number of nitrogens with one attached hydrogen (secondary N) is 1. The number of hydrogen-bond donors (Lipinski definition) is 2. The molecule has 31 heavy (non-hydrogen) atoms. The number of carboxylic acids is 1. The third-order valence-corrected chi connectivity index (χ3v) is 5.76. The molecule has 7 heteroatoms. The summed E-state index contributed by atoms with van der Waals surface area (Å²) in [5, 5.41) is 11.6. The van der Waals surface area contributed by atoms with E-state index in [0.717, 1.165) is 35.1 Å². The fourth-order valence-corrected chi connectivity index (χ4v) is 4.01. The summed E-state index contributed by atoms with van der Waals surface area (Å²) in [7, 11) is 0. The number of carboxylic acid groups (broad SMARTS) is 1. The quantitative estimate of drug-likeness (QED) is 0.450. The molecule has 0 spiro atoms. The zero-order chi connectivity index (χ0) is 21.8. The first-order valence-corrected chi connectivity index (χ1v) is 10.5. The molecule has 4 rings (SSSR count). The van der Waals surface area contributed by atoms with Crippen LogP contribution in [-0.2, 0) is 23.9 Å². The SMILES string of the molecule is O=C(CCC(=O)OCC1c2ccccc2-c2ccccc21)NCOC(C(=O)O)C1CC1. The van der Waals surface area contributed by atoms with Crippen molar-refractivity contribution in [3.63, 3.8) is 0 Å². The summed E-state index contributed by atoms with van der Waals surface area (Å²) in [6, 6.07) is 16.2. The second-order valence-electron chi connectivity index (χ2n) is 7.92. The number of fused-ring (bicyclic) bond motifs is 3. The van der Waals surface area contributed by atoms with Gasteiger partial charge in [-0.05, 0) is 41.0 Å². The van der Waals surface area contributed by atoms with Gasteiger partial charge in [0.15, 0.2) is 6.10 Å². The average Bonchev–Trinajstić information content (AvgIpc) is 3.56. The first-order chi connectivity index (χ1) is 15.0. The largest absolute Gasteiger partial charge is 0.479 e. The molecule has 2 aliphatic carbocycles. The molecule has 2 N–H and O–H groups in total. The van der Waals surface area contributed by atoms with E-state index in [2.05, 4.69) is 17.4 Å². The Morgan fingerprint density at radius 2 is 1.58 bits per heavy atom. The van der Waals surface area contributed by atoms with Crippen molar-refractivity contribution in [2.75, 3.05) is 13.3 Å². The van der Waals surface area contributed by atoms with Crippen molar-refractivity contribution in [1.82, 2.24) is 5.32 Å². The van der Waals surface area contributed by atoms with Crippen LogP contribution in [0, 0.1) is 5.92 Å². The van der Waals surface area contributed by atoms with Gasteiger partial charge in [-0.3, -0.25) is 9.59 Å².